The summed E-state index contributed by atoms with van der Waals surface area (Å²) in [6.07, 6.45) is 1.63. The fourth-order valence-corrected chi connectivity index (χ4v) is 1.44. The minimum Gasteiger partial charge on any atom is -0.373 e. The Balaban J connectivity index is 2.78. The van der Waals surface area contributed by atoms with E-state index in [1.165, 1.54) is 6.07 Å². The molecule has 0 aromatic heterocycles. The van der Waals surface area contributed by atoms with Gasteiger partial charge in [0.25, 0.3) is 5.69 Å². The van der Waals surface area contributed by atoms with E-state index in [1.807, 2.05) is 0 Å². The fraction of sp³-hybridized carbons (Fsp3) is 0.200. The monoisotopic (exact) mass is 271 g/mol. The van der Waals surface area contributed by atoms with Gasteiger partial charge in [-0.15, -0.1) is 6.58 Å². The fourth-order valence-electron chi connectivity index (χ4n) is 1.05. The molecule has 0 saturated heterocycles. The average molecular weight is 272 g/mol. The molecule has 1 rings (SSSR count). The Kier molecular flexibility index (Phi) is 4.45. The molecule has 0 bridgehead atoms. The third-order valence-electron chi connectivity index (χ3n) is 1.71. The van der Waals surface area contributed by atoms with Crippen LogP contribution < -0.4 is 0 Å². The highest BCUT2D eigenvalue weighted by Crippen LogP contribution is 2.25. The van der Waals surface area contributed by atoms with Crippen LogP contribution >= 0.6 is 15.9 Å². The Hall–Kier alpha value is -1.20. The predicted octanol–water partition coefficient (Wildman–Crippen LogP) is 3.06. The molecule has 5 heteroatoms. The van der Waals surface area contributed by atoms with E-state index in [0.29, 0.717) is 17.7 Å². The predicted molar refractivity (Wildman–Crippen MR) is 60.6 cm³/mol. The summed E-state index contributed by atoms with van der Waals surface area (Å²) in [7, 11) is 0. The van der Waals surface area contributed by atoms with Crippen LogP contribution in [0.3, 0.4) is 0 Å². The summed E-state index contributed by atoms with van der Waals surface area (Å²) in [5.74, 6) is 0. The highest BCUT2D eigenvalue weighted by Gasteiger charge is 2.11. The van der Waals surface area contributed by atoms with Crippen LogP contribution in [0.2, 0.25) is 0 Å². The van der Waals surface area contributed by atoms with Gasteiger partial charge in [0.15, 0.2) is 0 Å². The van der Waals surface area contributed by atoms with Gasteiger partial charge in [-0.3, -0.25) is 10.1 Å². The largest absolute Gasteiger partial charge is 0.373 e. The second kappa shape index (κ2) is 5.63. The summed E-state index contributed by atoms with van der Waals surface area (Å²) < 4.78 is 5.66. The molecule has 15 heavy (non-hydrogen) atoms. The number of rotatable bonds is 5. The molecule has 0 N–H and O–H groups in total. The van der Waals surface area contributed by atoms with Gasteiger partial charge in [-0.2, -0.15) is 0 Å². The molecule has 80 valence electrons. The zero-order valence-electron chi connectivity index (χ0n) is 7.98. The molecule has 0 aliphatic rings. The Morgan fingerprint density at radius 2 is 2.33 bits per heavy atom. The number of halogens is 1. The minimum atomic E-state index is -0.429. The molecule has 0 amide bonds. The maximum Gasteiger partial charge on any atom is 0.283 e. The summed E-state index contributed by atoms with van der Waals surface area (Å²) in [6, 6.07) is 4.91. The standard InChI is InChI=1S/C10H10BrNO3/c1-2-5-15-7-8-3-4-9(11)10(6-8)12(13)14/h2-4,6H,1,5,7H2. The third kappa shape index (κ3) is 3.45. The lowest BCUT2D eigenvalue weighted by Gasteiger charge is -2.02. The van der Waals surface area contributed by atoms with Crippen molar-refractivity contribution in [1.82, 2.24) is 0 Å². The molecule has 1 aromatic carbocycles. The molecule has 0 aliphatic heterocycles. The van der Waals surface area contributed by atoms with Crippen molar-refractivity contribution >= 4 is 21.6 Å². The number of hydrogen-bond donors (Lipinski definition) is 0. The molecule has 4 nitrogen and oxygen atoms in total. The zero-order valence-corrected chi connectivity index (χ0v) is 9.57. The molecule has 0 unspecified atom stereocenters. The zero-order chi connectivity index (χ0) is 11.3. The van der Waals surface area contributed by atoms with Crippen molar-refractivity contribution in [3.05, 3.63) is 51.0 Å². The summed E-state index contributed by atoms with van der Waals surface area (Å²) in [5.41, 5.74) is 0.821. The Bertz CT molecular complexity index is 379. The van der Waals surface area contributed by atoms with Crippen LogP contribution in [0.1, 0.15) is 5.56 Å². The number of ether oxygens (including phenoxy) is 1. The second-order valence-electron chi connectivity index (χ2n) is 2.85. The van der Waals surface area contributed by atoms with Crippen LogP contribution in [0.4, 0.5) is 5.69 Å². The van der Waals surface area contributed by atoms with Crippen molar-refractivity contribution in [2.45, 2.75) is 6.61 Å². The van der Waals surface area contributed by atoms with Gasteiger partial charge >= 0.3 is 0 Å². The maximum atomic E-state index is 10.6. The first kappa shape index (κ1) is 11.9. The van der Waals surface area contributed by atoms with Gasteiger partial charge in [-0.25, -0.2) is 0 Å². The van der Waals surface area contributed by atoms with Gasteiger partial charge in [0.1, 0.15) is 0 Å². The van der Waals surface area contributed by atoms with Crippen molar-refractivity contribution in [3.8, 4) is 0 Å². The molecular formula is C10H10BrNO3. The van der Waals surface area contributed by atoms with Crippen LogP contribution in [0.15, 0.2) is 35.3 Å². The van der Waals surface area contributed by atoms with Crippen LogP contribution in [0, 0.1) is 10.1 Å². The van der Waals surface area contributed by atoms with Crippen LogP contribution in [0.5, 0.6) is 0 Å². The topological polar surface area (TPSA) is 52.4 Å². The molecule has 0 atom stereocenters. The van der Waals surface area contributed by atoms with Gasteiger partial charge in [0.2, 0.25) is 0 Å². The lowest BCUT2D eigenvalue weighted by atomic mass is 10.2. The van der Waals surface area contributed by atoms with E-state index in [0.717, 1.165) is 5.56 Å². The minimum absolute atomic E-state index is 0.0507. The van der Waals surface area contributed by atoms with E-state index in [9.17, 15) is 10.1 Å². The van der Waals surface area contributed by atoms with E-state index in [2.05, 4.69) is 22.5 Å². The van der Waals surface area contributed by atoms with Gasteiger partial charge in [0.05, 0.1) is 22.6 Å². The molecule has 0 radical (unpaired) electrons. The van der Waals surface area contributed by atoms with E-state index in [-0.39, 0.29) is 5.69 Å². The Labute approximate surface area is 95.8 Å². The smallest absolute Gasteiger partial charge is 0.283 e. The molecule has 0 spiro atoms. The van der Waals surface area contributed by atoms with Gasteiger partial charge in [-0.05, 0) is 27.6 Å². The normalized spacial score (nSPS) is 9.93. The summed E-state index contributed by atoms with van der Waals surface area (Å²) in [4.78, 5) is 10.2. The maximum absolute atomic E-state index is 10.6. The van der Waals surface area contributed by atoms with Crippen molar-refractivity contribution in [2.75, 3.05) is 6.61 Å². The second-order valence-corrected chi connectivity index (χ2v) is 3.70. The number of nitrogens with zero attached hydrogens (tertiary/aromatic N) is 1. The Morgan fingerprint density at radius 1 is 1.60 bits per heavy atom. The van der Waals surface area contributed by atoms with Crippen LogP contribution in [0.25, 0.3) is 0 Å². The number of nitro benzene ring substituents is 1. The van der Waals surface area contributed by atoms with Crippen molar-refractivity contribution in [3.63, 3.8) is 0 Å². The first-order chi connectivity index (χ1) is 7.15. The molecule has 0 fully saturated rings. The highest BCUT2D eigenvalue weighted by molar-refractivity contribution is 9.10. The van der Waals surface area contributed by atoms with Crippen molar-refractivity contribution in [2.24, 2.45) is 0 Å². The van der Waals surface area contributed by atoms with E-state index < -0.39 is 4.92 Å². The number of nitro groups is 1. The van der Waals surface area contributed by atoms with E-state index >= 15 is 0 Å². The SMILES string of the molecule is C=CCOCc1ccc(Br)c([N+](=O)[O-])c1. The molecule has 0 aliphatic carbocycles. The van der Waals surface area contributed by atoms with E-state index in [4.69, 9.17) is 4.74 Å². The van der Waals surface area contributed by atoms with E-state index in [1.54, 1.807) is 18.2 Å². The van der Waals surface area contributed by atoms with Gasteiger partial charge in [0, 0.05) is 6.07 Å². The van der Waals surface area contributed by atoms with Crippen LogP contribution in [-0.4, -0.2) is 11.5 Å². The summed E-state index contributed by atoms with van der Waals surface area (Å²) in [5, 5.41) is 10.6. The quantitative estimate of drug-likeness (QED) is 0.358. The molecule has 0 heterocycles. The Morgan fingerprint density at radius 3 is 2.93 bits per heavy atom. The molecule has 1 aromatic rings. The first-order valence-electron chi connectivity index (χ1n) is 4.26. The van der Waals surface area contributed by atoms with Crippen LogP contribution in [-0.2, 0) is 11.3 Å². The highest BCUT2D eigenvalue weighted by atomic mass is 79.9. The lowest BCUT2D eigenvalue weighted by molar-refractivity contribution is -0.385. The van der Waals surface area contributed by atoms with Crippen molar-refractivity contribution in [1.29, 1.82) is 0 Å². The van der Waals surface area contributed by atoms with Crippen molar-refractivity contribution < 1.29 is 9.66 Å². The summed E-state index contributed by atoms with van der Waals surface area (Å²) in [6.45, 7) is 4.29. The average Bonchev–Trinajstić information content (AvgIpc) is 2.20. The number of hydrogen-bond acceptors (Lipinski definition) is 3. The van der Waals surface area contributed by atoms with Gasteiger partial charge < -0.3 is 4.74 Å². The molecule has 0 saturated carbocycles. The van der Waals surface area contributed by atoms with Gasteiger partial charge in [-0.1, -0.05) is 12.1 Å². The lowest BCUT2D eigenvalue weighted by Crippen LogP contribution is -1.95. The molecular weight excluding hydrogens is 262 g/mol. The summed E-state index contributed by atoms with van der Waals surface area (Å²) >= 11 is 3.11. The number of benzene rings is 1. The first-order valence-corrected chi connectivity index (χ1v) is 5.06. The third-order valence-corrected chi connectivity index (χ3v) is 2.38.